The van der Waals surface area contributed by atoms with Crippen LogP contribution in [0.15, 0.2) is 74.9 Å². The summed E-state index contributed by atoms with van der Waals surface area (Å²) < 4.78 is 42.7. The summed E-state index contributed by atoms with van der Waals surface area (Å²) in [6, 6.07) is 16.2. The van der Waals surface area contributed by atoms with E-state index in [1.807, 2.05) is 6.92 Å². The quantitative estimate of drug-likeness (QED) is 0.176. The molecule has 1 fully saturated rings. The Morgan fingerprint density at radius 1 is 1.03 bits per heavy atom. The van der Waals surface area contributed by atoms with Gasteiger partial charge in [0.1, 0.15) is 17.3 Å². The van der Waals surface area contributed by atoms with E-state index in [0.717, 1.165) is 22.2 Å². The number of ether oxygens (including phenoxy) is 2. The average molecular weight is 653 g/mol. The molecule has 0 aromatic heterocycles. The molecule has 8 nitrogen and oxygen atoms in total. The molecule has 3 aromatic rings. The molecule has 2 amide bonds. The van der Waals surface area contributed by atoms with E-state index >= 15 is 0 Å². The van der Waals surface area contributed by atoms with E-state index in [1.54, 1.807) is 55.5 Å². The molecule has 1 saturated heterocycles. The van der Waals surface area contributed by atoms with Gasteiger partial charge in [0.05, 0.1) is 22.5 Å². The normalized spacial score (nSPS) is 14.7. The third-order valence-electron chi connectivity index (χ3n) is 5.40. The first-order valence-corrected chi connectivity index (χ1v) is 15.1. The minimum atomic E-state index is -4.14. The molecule has 0 N–H and O–H groups in total. The number of benzene rings is 3. The lowest BCUT2D eigenvalue weighted by Crippen LogP contribution is -2.32. The highest BCUT2D eigenvalue weighted by atomic mass is 79.9. The molecule has 0 radical (unpaired) electrons. The second kappa shape index (κ2) is 12.5. The summed E-state index contributed by atoms with van der Waals surface area (Å²) in [6.45, 7) is 4.03. The molecule has 12 heteroatoms. The second-order valence-corrected chi connectivity index (χ2v) is 12.1. The molecule has 0 saturated carbocycles. The molecule has 39 heavy (non-hydrogen) atoms. The number of halogens is 2. The molecule has 4 rings (SSSR count). The SMILES string of the molecule is CCOc1cc(/C=C2\SC(=O)N(CCOc3ccc(Cl)cc3)C2=O)cc(Br)c1OS(=O)(=O)c1ccc(C)cc1. The van der Waals surface area contributed by atoms with E-state index in [0.29, 0.717) is 20.8 Å². The van der Waals surface area contributed by atoms with Crippen LogP contribution in [0, 0.1) is 6.92 Å². The third kappa shape index (κ3) is 7.16. The van der Waals surface area contributed by atoms with Crippen LogP contribution in [-0.4, -0.2) is 44.2 Å². The van der Waals surface area contributed by atoms with Gasteiger partial charge in [-0.1, -0.05) is 29.3 Å². The average Bonchev–Trinajstić information content (AvgIpc) is 3.15. The minimum Gasteiger partial charge on any atom is -0.492 e. The maximum Gasteiger partial charge on any atom is 0.339 e. The highest BCUT2D eigenvalue weighted by Gasteiger charge is 2.35. The lowest BCUT2D eigenvalue weighted by Gasteiger charge is -2.15. The van der Waals surface area contributed by atoms with Crippen molar-refractivity contribution >= 4 is 66.6 Å². The van der Waals surface area contributed by atoms with Crippen molar-refractivity contribution in [1.82, 2.24) is 4.90 Å². The summed E-state index contributed by atoms with van der Waals surface area (Å²) >= 11 is 10.0. The molecule has 204 valence electrons. The number of nitrogens with zero attached hydrogens (tertiary/aromatic N) is 1. The lowest BCUT2D eigenvalue weighted by atomic mass is 10.2. The number of hydrogen-bond donors (Lipinski definition) is 0. The highest BCUT2D eigenvalue weighted by Crippen LogP contribution is 2.40. The Morgan fingerprint density at radius 3 is 2.38 bits per heavy atom. The Hall–Kier alpha value is -2.99. The van der Waals surface area contributed by atoms with Gasteiger partial charge in [-0.15, -0.1) is 0 Å². The van der Waals surface area contributed by atoms with Crippen molar-refractivity contribution in [2.24, 2.45) is 0 Å². The Morgan fingerprint density at radius 2 is 1.72 bits per heavy atom. The highest BCUT2D eigenvalue weighted by molar-refractivity contribution is 9.10. The standard InChI is InChI=1S/C27H23BrClNO7S2/c1-3-35-23-15-18(14-22(28)25(23)37-39(33,34)21-10-4-17(2)5-11-21)16-24-26(31)30(27(32)38-24)12-13-36-20-8-6-19(29)7-9-20/h4-11,14-16H,3,12-13H2,1-2H3/b24-16-. The summed E-state index contributed by atoms with van der Waals surface area (Å²) in [6.07, 6.45) is 1.54. The van der Waals surface area contributed by atoms with Gasteiger partial charge < -0.3 is 13.7 Å². The first kappa shape index (κ1) is 29.0. The second-order valence-electron chi connectivity index (χ2n) is 8.25. The maximum atomic E-state index is 12.9. The van der Waals surface area contributed by atoms with E-state index in [9.17, 15) is 18.0 Å². The van der Waals surface area contributed by atoms with E-state index < -0.39 is 21.3 Å². The van der Waals surface area contributed by atoms with E-state index in [-0.39, 0.29) is 41.1 Å². The van der Waals surface area contributed by atoms with Crippen molar-refractivity contribution in [2.75, 3.05) is 19.8 Å². The number of aryl methyl sites for hydroxylation is 1. The van der Waals surface area contributed by atoms with Gasteiger partial charge in [0.25, 0.3) is 11.1 Å². The predicted molar refractivity (Wildman–Crippen MR) is 154 cm³/mol. The molecule has 1 aliphatic heterocycles. The van der Waals surface area contributed by atoms with E-state index in [1.165, 1.54) is 18.2 Å². The minimum absolute atomic E-state index is 0.000223. The lowest BCUT2D eigenvalue weighted by molar-refractivity contribution is -0.123. The largest absolute Gasteiger partial charge is 0.492 e. The van der Waals surface area contributed by atoms with Gasteiger partial charge in [-0.25, -0.2) is 0 Å². The van der Waals surface area contributed by atoms with Crippen LogP contribution in [-0.2, 0) is 14.9 Å². The summed E-state index contributed by atoms with van der Waals surface area (Å²) in [7, 11) is -4.14. The summed E-state index contributed by atoms with van der Waals surface area (Å²) in [5.41, 5.74) is 1.42. The zero-order valence-electron chi connectivity index (χ0n) is 20.8. The van der Waals surface area contributed by atoms with Crippen molar-refractivity contribution < 1.29 is 31.7 Å². The molecule has 0 unspecified atom stereocenters. The molecule has 1 heterocycles. The number of hydrogen-bond acceptors (Lipinski definition) is 8. The van der Waals surface area contributed by atoms with Gasteiger partial charge in [-0.2, -0.15) is 8.42 Å². The fourth-order valence-electron chi connectivity index (χ4n) is 3.51. The fraction of sp³-hybridized carbons (Fsp3) is 0.185. The van der Waals surface area contributed by atoms with Crippen molar-refractivity contribution in [3.8, 4) is 17.2 Å². The van der Waals surface area contributed by atoms with Gasteiger partial charge in [0, 0.05) is 5.02 Å². The Balaban J connectivity index is 1.52. The number of thioether (sulfide) groups is 1. The van der Waals surface area contributed by atoms with Crippen LogP contribution in [0.4, 0.5) is 4.79 Å². The third-order valence-corrected chi connectivity index (χ3v) is 8.39. The van der Waals surface area contributed by atoms with Crippen LogP contribution in [0.2, 0.25) is 5.02 Å². The van der Waals surface area contributed by atoms with E-state index in [4.69, 9.17) is 25.3 Å². The number of carbonyl (C=O) groups excluding carboxylic acids is 2. The van der Waals surface area contributed by atoms with Crippen molar-refractivity contribution in [1.29, 1.82) is 0 Å². The monoisotopic (exact) mass is 651 g/mol. The molecule has 1 aliphatic rings. The van der Waals surface area contributed by atoms with E-state index in [2.05, 4.69) is 15.9 Å². The Kier molecular flexibility index (Phi) is 9.27. The van der Waals surface area contributed by atoms with Crippen LogP contribution < -0.4 is 13.7 Å². The number of amides is 2. The van der Waals surface area contributed by atoms with Crippen LogP contribution in [0.1, 0.15) is 18.1 Å². The van der Waals surface area contributed by atoms with Crippen LogP contribution in [0.5, 0.6) is 17.2 Å². The molecule has 0 spiro atoms. The predicted octanol–water partition coefficient (Wildman–Crippen LogP) is 6.69. The molecular formula is C27H23BrClNO7S2. The summed E-state index contributed by atoms with van der Waals surface area (Å²) in [5.74, 6) is 0.245. The van der Waals surface area contributed by atoms with Crippen LogP contribution in [0.25, 0.3) is 6.08 Å². The zero-order chi connectivity index (χ0) is 28.2. The van der Waals surface area contributed by atoms with Gasteiger partial charge in [-0.05, 0) is 102 Å². The summed E-state index contributed by atoms with van der Waals surface area (Å²) in [5, 5.41) is 0.157. The number of carbonyl (C=O) groups is 2. The molecule has 0 bridgehead atoms. The fourth-order valence-corrected chi connectivity index (χ4v) is 6.10. The maximum absolute atomic E-state index is 12.9. The summed E-state index contributed by atoms with van der Waals surface area (Å²) in [4.78, 5) is 26.8. The van der Waals surface area contributed by atoms with Gasteiger partial charge in [-0.3, -0.25) is 14.5 Å². The van der Waals surface area contributed by atoms with Crippen molar-refractivity contribution in [2.45, 2.75) is 18.7 Å². The van der Waals surface area contributed by atoms with Gasteiger partial charge in [0.2, 0.25) is 0 Å². The van der Waals surface area contributed by atoms with Crippen LogP contribution in [0.3, 0.4) is 0 Å². The van der Waals surface area contributed by atoms with Gasteiger partial charge >= 0.3 is 10.1 Å². The number of imide groups is 1. The number of rotatable bonds is 10. The smallest absolute Gasteiger partial charge is 0.339 e. The first-order valence-electron chi connectivity index (χ1n) is 11.7. The zero-order valence-corrected chi connectivity index (χ0v) is 24.8. The molecule has 0 aliphatic carbocycles. The molecular weight excluding hydrogens is 630 g/mol. The van der Waals surface area contributed by atoms with Crippen molar-refractivity contribution in [3.05, 3.63) is 86.2 Å². The Labute approximate surface area is 244 Å². The topological polar surface area (TPSA) is 99.2 Å². The molecule has 0 atom stereocenters. The first-order chi connectivity index (χ1) is 18.6. The van der Waals surface area contributed by atoms with Gasteiger partial charge in [0.15, 0.2) is 11.5 Å². The van der Waals surface area contributed by atoms with Crippen LogP contribution >= 0.6 is 39.3 Å². The Bertz CT molecular complexity index is 1520. The van der Waals surface area contributed by atoms with Crippen molar-refractivity contribution in [3.63, 3.8) is 0 Å². The molecule has 3 aromatic carbocycles.